The molecule has 0 radical (unpaired) electrons. The largest absolute Gasteiger partial charge is 0.439 e. The first-order chi connectivity index (χ1) is 13.5. The highest BCUT2D eigenvalue weighted by molar-refractivity contribution is 7.92. The zero-order valence-corrected chi connectivity index (χ0v) is 15.5. The van der Waals surface area contributed by atoms with Gasteiger partial charge in [0.1, 0.15) is 23.7 Å². The summed E-state index contributed by atoms with van der Waals surface area (Å²) in [5.74, 6) is 2.04. The summed E-state index contributed by atoms with van der Waals surface area (Å²) in [7, 11) is -3.72. The molecule has 4 rings (SSSR count). The van der Waals surface area contributed by atoms with Crippen molar-refractivity contribution in [1.29, 1.82) is 0 Å². The quantitative estimate of drug-likeness (QED) is 0.511. The van der Waals surface area contributed by atoms with Crippen LogP contribution in [-0.4, -0.2) is 37.9 Å². The summed E-state index contributed by atoms with van der Waals surface area (Å²) in [5, 5.41) is -0.0173. The van der Waals surface area contributed by atoms with Gasteiger partial charge in [-0.2, -0.15) is 13.4 Å². The van der Waals surface area contributed by atoms with E-state index in [4.69, 9.17) is 4.74 Å². The van der Waals surface area contributed by atoms with E-state index in [9.17, 15) is 8.42 Å². The molecule has 0 atom stereocenters. The smallest absolute Gasteiger partial charge is 0.278 e. The molecule has 0 aliphatic heterocycles. The summed E-state index contributed by atoms with van der Waals surface area (Å²) in [5.41, 5.74) is 0.389. The highest BCUT2D eigenvalue weighted by atomic mass is 32.2. The number of imidazole rings is 2. The summed E-state index contributed by atoms with van der Waals surface area (Å²) in [4.78, 5) is 18.9. The SMILES string of the molecule is Cc1nc(Oc2ccc(NS(=O)(=O)c3cnc[nH]3)cc2)cc(-n2ccnc2)n1. The fourth-order valence-corrected chi connectivity index (χ4v) is 3.38. The minimum absolute atomic E-state index is 0.0173. The zero-order valence-electron chi connectivity index (χ0n) is 14.6. The van der Waals surface area contributed by atoms with Crippen molar-refractivity contribution in [2.75, 3.05) is 4.72 Å². The molecule has 0 saturated heterocycles. The van der Waals surface area contributed by atoms with Gasteiger partial charge in [0.25, 0.3) is 10.0 Å². The van der Waals surface area contributed by atoms with Gasteiger partial charge < -0.3 is 9.72 Å². The summed E-state index contributed by atoms with van der Waals surface area (Å²) >= 11 is 0. The highest BCUT2D eigenvalue weighted by Gasteiger charge is 2.15. The number of nitrogens with one attached hydrogen (secondary N) is 2. The standard InChI is InChI=1S/C17H15N7O3S/c1-12-21-15(24-7-6-18-11-24)8-16(22-12)27-14-4-2-13(3-5-14)23-28(25,26)17-9-19-10-20-17/h2-11,23H,1H3,(H,19,20). The minimum atomic E-state index is -3.72. The first-order valence-electron chi connectivity index (χ1n) is 8.13. The van der Waals surface area contributed by atoms with Gasteiger partial charge in [0.05, 0.1) is 12.5 Å². The van der Waals surface area contributed by atoms with Crippen molar-refractivity contribution in [3.63, 3.8) is 0 Å². The second-order valence-corrected chi connectivity index (χ2v) is 7.38. The average Bonchev–Trinajstić information content (AvgIpc) is 3.37. The van der Waals surface area contributed by atoms with Crippen LogP contribution in [0, 0.1) is 6.92 Å². The molecule has 10 nitrogen and oxygen atoms in total. The van der Waals surface area contributed by atoms with Gasteiger partial charge in [-0.25, -0.2) is 15.0 Å². The number of aryl methyl sites for hydroxylation is 1. The van der Waals surface area contributed by atoms with Gasteiger partial charge in [0, 0.05) is 24.1 Å². The molecule has 3 heterocycles. The first-order valence-corrected chi connectivity index (χ1v) is 9.61. The van der Waals surface area contributed by atoms with Crippen molar-refractivity contribution >= 4 is 15.7 Å². The molecule has 0 amide bonds. The number of H-pyrrole nitrogens is 1. The van der Waals surface area contributed by atoms with Crippen molar-refractivity contribution < 1.29 is 13.2 Å². The number of anilines is 1. The van der Waals surface area contributed by atoms with E-state index in [1.54, 1.807) is 60.5 Å². The number of ether oxygens (including phenoxy) is 1. The fraction of sp³-hybridized carbons (Fsp3) is 0.0588. The number of rotatable bonds is 6. The fourth-order valence-electron chi connectivity index (χ4n) is 2.42. The lowest BCUT2D eigenvalue weighted by Gasteiger charge is -2.10. The van der Waals surface area contributed by atoms with Gasteiger partial charge in [-0.15, -0.1) is 0 Å². The minimum Gasteiger partial charge on any atom is -0.439 e. The van der Waals surface area contributed by atoms with Gasteiger partial charge in [0.15, 0.2) is 5.03 Å². The predicted molar refractivity (Wildman–Crippen MR) is 99.8 cm³/mol. The Bertz CT molecular complexity index is 1170. The number of nitrogens with zero attached hydrogens (tertiary/aromatic N) is 5. The van der Waals surface area contributed by atoms with Crippen molar-refractivity contribution in [2.24, 2.45) is 0 Å². The number of aromatic amines is 1. The monoisotopic (exact) mass is 397 g/mol. The third-order valence-electron chi connectivity index (χ3n) is 3.66. The maximum atomic E-state index is 12.2. The van der Waals surface area contributed by atoms with E-state index < -0.39 is 10.0 Å². The van der Waals surface area contributed by atoms with Crippen LogP contribution in [0.1, 0.15) is 5.82 Å². The molecule has 2 N–H and O–H groups in total. The van der Waals surface area contributed by atoms with Crippen molar-refractivity contribution in [3.8, 4) is 17.4 Å². The van der Waals surface area contributed by atoms with E-state index in [1.165, 1.54) is 12.5 Å². The number of sulfonamides is 1. The van der Waals surface area contributed by atoms with E-state index in [0.29, 0.717) is 29.0 Å². The van der Waals surface area contributed by atoms with Crippen molar-refractivity contribution in [2.45, 2.75) is 11.9 Å². The molecular weight excluding hydrogens is 382 g/mol. The van der Waals surface area contributed by atoms with Crippen LogP contribution in [0.15, 0.2) is 66.6 Å². The lowest BCUT2D eigenvalue weighted by atomic mass is 10.3. The summed E-state index contributed by atoms with van der Waals surface area (Å²) in [6.45, 7) is 1.76. The molecule has 0 aliphatic carbocycles. The molecule has 0 saturated carbocycles. The molecule has 1 aromatic carbocycles. The number of hydrogen-bond donors (Lipinski definition) is 2. The molecule has 0 aliphatic rings. The maximum Gasteiger partial charge on any atom is 0.278 e. The van der Waals surface area contributed by atoms with Gasteiger partial charge >= 0.3 is 0 Å². The van der Waals surface area contributed by atoms with Crippen LogP contribution in [-0.2, 0) is 10.0 Å². The average molecular weight is 397 g/mol. The van der Waals surface area contributed by atoms with E-state index in [2.05, 4.69) is 29.6 Å². The van der Waals surface area contributed by atoms with E-state index >= 15 is 0 Å². The van der Waals surface area contributed by atoms with E-state index in [0.717, 1.165) is 0 Å². The molecule has 142 valence electrons. The molecule has 0 unspecified atom stereocenters. The molecule has 4 aromatic rings. The van der Waals surface area contributed by atoms with E-state index in [-0.39, 0.29) is 5.03 Å². The number of hydrogen-bond acceptors (Lipinski definition) is 7. The number of aromatic nitrogens is 6. The van der Waals surface area contributed by atoms with Gasteiger partial charge in [-0.3, -0.25) is 9.29 Å². The van der Waals surface area contributed by atoms with Crippen LogP contribution in [0.5, 0.6) is 11.6 Å². The van der Waals surface area contributed by atoms with Crippen LogP contribution in [0.3, 0.4) is 0 Å². The van der Waals surface area contributed by atoms with Gasteiger partial charge in [-0.1, -0.05) is 0 Å². The van der Waals surface area contributed by atoms with E-state index in [1.807, 2.05) is 0 Å². The topological polar surface area (TPSA) is 128 Å². The van der Waals surface area contributed by atoms with Gasteiger partial charge in [0.2, 0.25) is 5.88 Å². The Morgan fingerprint density at radius 3 is 2.64 bits per heavy atom. The molecular formula is C17H15N7O3S. The Hall–Kier alpha value is -3.73. The maximum absolute atomic E-state index is 12.2. The lowest BCUT2D eigenvalue weighted by molar-refractivity contribution is 0.459. The Labute approximate surface area is 160 Å². The second-order valence-electron chi connectivity index (χ2n) is 5.73. The normalized spacial score (nSPS) is 11.3. The van der Waals surface area contributed by atoms with Crippen LogP contribution in [0.4, 0.5) is 5.69 Å². The molecule has 3 aromatic heterocycles. The van der Waals surface area contributed by atoms with Crippen LogP contribution < -0.4 is 9.46 Å². The van der Waals surface area contributed by atoms with Crippen LogP contribution in [0.2, 0.25) is 0 Å². The summed E-state index contributed by atoms with van der Waals surface area (Å²) < 4.78 is 34.4. The Balaban J connectivity index is 1.51. The van der Waals surface area contributed by atoms with Crippen molar-refractivity contribution in [1.82, 2.24) is 29.5 Å². The molecule has 28 heavy (non-hydrogen) atoms. The third kappa shape index (κ3) is 3.83. The number of benzene rings is 1. The second kappa shape index (κ2) is 7.12. The Morgan fingerprint density at radius 2 is 1.96 bits per heavy atom. The summed E-state index contributed by atoms with van der Waals surface area (Å²) in [6, 6.07) is 8.14. The van der Waals surface area contributed by atoms with Gasteiger partial charge in [-0.05, 0) is 31.2 Å². The zero-order chi connectivity index (χ0) is 19.6. The molecule has 0 spiro atoms. The third-order valence-corrected chi connectivity index (χ3v) is 4.97. The molecule has 0 fully saturated rings. The van der Waals surface area contributed by atoms with Crippen molar-refractivity contribution in [3.05, 3.63) is 67.4 Å². The lowest BCUT2D eigenvalue weighted by Crippen LogP contribution is -2.13. The first kappa shape index (κ1) is 17.7. The Morgan fingerprint density at radius 1 is 1.14 bits per heavy atom. The van der Waals surface area contributed by atoms with Crippen LogP contribution in [0.25, 0.3) is 5.82 Å². The van der Waals surface area contributed by atoms with Crippen LogP contribution >= 0.6 is 0 Å². The summed E-state index contributed by atoms with van der Waals surface area (Å²) in [6.07, 6.45) is 7.58. The molecule has 11 heteroatoms. The highest BCUT2D eigenvalue weighted by Crippen LogP contribution is 2.24. The predicted octanol–water partition coefficient (Wildman–Crippen LogP) is 2.29. The molecule has 0 bridgehead atoms. The Kier molecular flexibility index (Phi) is 4.49.